The Kier molecular flexibility index (Phi) is 5.98. The summed E-state index contributed by atoms with van der Waals surface area (Å²) in [6.45, 7) is 1.19. The molecule has 28 heavy (non-hydrogen) atoms. The van der Waals surface area contributed by atoms with Crippen LogP contribution >= 0.6 is 0 Å². The van der Waals surface area contributed by atoms with Gasteiger partial charge in [0.15, 0.2) is 0 Å². The van der Waals surface area contributed by atoms with Crippen LogP contribution in [0.25, 0.3) is 0 Å². The van der Waals surface area contributed by atoms with E-state index < -0.39 is 11.7 Å². The van der Waals surface area contributed by atoms with Crippen molar-refractivity contribution in [2.45, 2.75) is 19.1 Å². The van der Waals surface area contributed by atoms with Gasteiger partial charge in [0.2, 0.25) is 0 Å². The van der Waals surface area contributed by atoms with Crippen LogP contribution in [0, 0.1) is 0 Å². The number of aromatic nitrogens is 2. The molecule has 3 aromatic rings. The van der Waals surface area contributed by atoms with Crippen LogP contribution in [0.2, 0.25) is 0 Å². The van der Waals surface area contributed by atoms with Crippen molar-refractivity contribution in [1.29, 1.82) is 0 Å². The molecule has 0 saturated carbocycles. The molecule has 2 aromatic carbocycles. The van der Waals surface area contributed by atoms with Crippen molar-refractivity contribution in [3.05, 3.63) is 78.4 Å². The molecule has 146 valence electrons. The normalized spacial score (nSPS) is 11.2. The second-order valence-electron chi connectivity index (χ2n) is 6.16. The third-order valence-corrected chi connectivity index (χ3v) is 4.08. The van der Waals surface area contributed by atoms with E-state index in [9.17, 15) is 18.0 Å². The fourth-order valence-corrected chi connectivity index (χ4v) is 2.70. The van der Waals surface area contributed by atoms with Crippen LogP contribution in [0.15, 0.2) is 67.3 Å². The van der Waals surface area contributed by atoms with Gasteiger partial charge in [0, 0.05) is 31.2 Å². The summed E-state index contributed by atoms with van der Waals surface area (Å²) in [6, 6.07) is 11.6. The summed E-state index contributed by atoms with van der Waals surface area (Å²) < 4.78 is 40.6. The molecule has 0 aliphatic heterocycles. The molecule has 2 N–H and O–H groups in total. The van der Waals surface area contributed by atoms with E-state index in [4.69, 9.17) is 0 Å². The number of amides is 1. The zero-order chi connectivity index (χ0) is 20.0. The lowest BCUT2D eigenvalue weighted by Crippen LogP contribution is -2.25. The molecular weight excluding hydrogens is 369 g/mol. The minimum atomic E-state index is -4.43. The summed E-state index contributed by atoms with van der Waals surface area (Å²) >= 11 is 0. The summed E-state index contributed by atoms with van der Waals surface area (Å²) in [5.41, 5.74) is 0.311. The van der Waals surface area contributed by atoms with Crippen LogP contribution in [0.1, 0.15) is 22.3 Å². The molecule has 0 bridgehead atoms. The summed E-state index contributed by atoms with van der Waals surface area (Å²) in [7, 11) is 0. The molecule has 0 fully saturated rings. The Morgan fingerprint density at radius 2 is 1.93 bits per heavy atom. The Morgan fingerprint density at radius 3 is 2.68 bits per heavy atom. The van der Waals surface area contributed by atoms with Gasteiger partial charge in [-0.1, -0.05) is 18.2 Å². The molecule has 0 radical (unpaired) electrons. The number of imidazole rings is 1. The van der Waals surface area contributed by atoms with Crippen LogP contribution < -0.4 is 10.6 Å². The second-order valence-corrected chi connectivity index (χ2v) is 6.16. The molecular formula is C20H19F3N4O. The average Bonchev–Trinajstić information content (AvgIpc) is 3.18. The highest BCUT2D eigenvalue weighted by Gasteiger charge is 2.30. The number of anilines is 2. The Labute approximate surface area is 160 Å². The molecule has 1 heterocycles. The highest BCUT2D eigenvalue weighted by Crippen LogP contribution is 2.31. The van der Waals surface area contributed by atoms with Gasteiger partial charge >= 0.3 is 6.18 Å². The van der Waals surface area contributed by atoms with Crippen molar-refractivity contribution in [2.24, 2.45) is 0 Å². The first-order valence-electron chi connectivity index (χ1n) is 8.71. The van der Waals surface area contributed by atoms with Gasteiger partial charge in [-0.05, 0) is 36.8 Å². The molecule has 0 aliphatic rings. The Morgan fingerprint density at radius 1 is 1.11 bits per heavy atom. The summed E-state index contributed by atoms with van der Waals surface area (Å²) in [5, 5.41) is 5.74. The number of carbonyl (C=O) groups is 1. The number of hydrogen-bond acceptors (Lipinski definition) is 3. The lowest BCUT2D eigenvalue weighted by atomic mass is 10.1. The van der Waals surface area contributed by atoms with Crippen LogP contribution in [0.4, 0.5) is 24.5 Å². The number of carbonyl (C=O) groups excluding carboxylic acids is 1. The van der Waals surface area contributed by atoms with Gasteiger partial charge in [0.1, 0.15) is 0 Å². The average molecular weight is 388 g/mol. The first-order valence-corrected chi connectivity index (χ1v) is 8.71. The first kappa shape index (κ1) is 19.5. The Balaban J connectivity index is 1.64. The van der Waals surface area contributed by atoms with E-state index in [0.29, 0.717) is 17.8 Å². The van der Waals surface area contributed by atoms with Gasteiger partial charge in [-0.15, -0.1) is 0 Å². The van der Waals surface area contributed by atoms with Gasteiger partial charge in [-0.25, -0.2) is 4.98 Å². The van der Waals surface area contributed by atoms with Gasteiger partial charge in [-0.3, -0.25) is 4.79 Å². The zero-order valence-electron chi connectivity index (χ0n) is 14.9. The number of alkyl halides is 3. The molecule has 5 nitrogen and oxygen atoms in total. The SMILES string of the molecule is O=C(NCCCn1ccnc1)c1ccccc1Nc1cccc(C(F)(F)F)c1. The molecule has 0 aliphatic carbocycles. The number of benzene rings is 2. The summed E-state index contributed by atoms with van der Waals surface area (Å²) in [6.07, 6.45) is 1.54. The van der Waals surface area contributed by atoms with Crippen molar-refractivity contribution in [1.82, 2.24) is 14.9 Å². The van der Waals surface area contributed by atoms with Crippen molar-refractivity contribution >= 4 is 17.3 Å². The third kappa shape index (κ3) is 5.12. The predicted octanol–water partition coefficient (Wildman–Crippen LogP) is 4.47. The Bertz CT molecular complexity index is 923. The quantitative estimate of drug-likeness (QED) is 0.588. The standard InChI is InChI=1S/C20H19F3N4O/c21-20(22,23)15-5-3-6-16(13-15)26-18-8-2-1-7-17(18)19(28)25-9-4-11-27-12-10-24-14-27/h1-3,5-8,10,12-14,26H,4,9,11H2,(H,25,28). The first-order chi connectivity index (χ1) is 13.4. The van der Waals surface area contributed by atoms with Crippen molar-refractivity contribution in [3.63, 3.8) is 0 Å². The maximum atomic E-state index is 12.9. The highest BCUT2D eigenvalue weighted by molar-refractivity contribution is 6.00. The van der Waals surface area contributed by atoms with E-state index in [0.717, 1.165) is 25.1 Å². The molecule has 0 spiro atoms. The smallest absolute Gasteiger partial charge is 0.355 e. The lowest BCUT2D eigenvalue weighted by molar-refractivity contribution is -0.137. The highest BCUT2D eigenvalue weighted by atomic mass is 19.4. The topological polar surface area (TPSA) is 59.0 Å². The molecule has 0 unspecified atom stereocenters. The van der Waals surface area contributed by atoms with E-state index in [-0.39, 0.29) is 11.6 Å². The van der Waals surface area contributed by atoms with Crippen LogP contribution in [0.3, 0.4) is 0 Å². The fraction of sp³-hybridized carbons (Fsp3) is 0.200. The van der Waals surface area contributed by atoms with E-state index in [1.165, 1.54) is 12.1 Å². The number of hydrogen-bond donors (Lipinski definition) is 2. The minimum absolute atomic E-state index is 0.259. The minimum Gasteiger partial charge on any atom is -0.355 e. The molecule has 0 saturated heterocycles. The molecule has 0 atom stereocenters. The Hall–Kier alpha value is -3.29. The number of nitrogens with one attached hydrogen (secondary N) is 2. The van der Waals surface area contributed by atoms with Gasteiger partial charge in [0.05, 0.1) is 23.1 Å². The second kappa shape index (κ2) is 8.60. The van der Waals surface area contributed by atoms with Gasteiger partial charge < -0.3 is 15.2 Å². The molecule has 8 heteroatoms. The zero-order valence-corrected chi connectivity index (χ0v) is 14.9. The molecule has 1 aromatic heterocycles. The summed E-state index contributed by atoms with van der Waals surface area (Å²) in [5.74, 6) is -0.291. The third-order valence-electron chi connectivity index (χ3n) is 4.08. The monoisotopic (exact) mass is 388 g/mol. The number of aryl methyl sites for hydroxylation is 1. The maximum absolute atomic E-state index is 12.9. The van der Waals surface area contributed by atoms with Crippen LogP contribution in [-0.4, -0.2) is 22.0 Å². The predicted molar refractivity (Wildman–Crippen MR) is 100 cm³/mol. The fourth-order valence-electron chi connectivity index (χ4n) is 2.70. The van der Waals surface area contributed by atoms with Crippen molar-refractivity contribution < 1.29 is 18.0 Å². The summed E-state index contributed by atoms with van der Waals surface area (Å²) in [4.78, 5) is 16.4. The van der Waals surface area contributed by atoms with E-state index in [1.807, 2.05) is 10.8 Å². The van der Waals surface area contributed by atoms with Crippen molar-refractivity contribution in [2.75, 3.05) is 11.9 Å². The van der Waals surface area contributed by atoms with E-state index in [1.54, 1.807) is 36.8 Å². The molecule has 3 rings (SSSR count). The van der Waals surface area contributed by atoms with Gasteiger partial charge in [0.25, 0.3) is 5.91 Å². The number of rotatable bonds is 7. The van der Waals surface area contributed by atoms with Crippen LogP contribution in [-0.2, 0) is 12.7 Å². The van der Waals surface area contributed by atoms with E-state index >= 15 is 0 Å². The van der Waals surface area contributed by atoms with Crippen molar-refractivity contribution in [3.8, 4) is 0 Å². The molecule has 1 amide bonds. The van der Waals surface area contributed by atoms with E-state index in [2.05, 4.69) is 15.6 Å². The number of halogens is 3. The van der Waals surface area contributed by atoms with Crippen LogP contribution in [0.5, 0.6) is 0 Å². The number of para-hydroxylation sites is 1. The maximum Gasteiger partial charge on any atom is 0.416 e. The number of nitrogens with zero attached hydrogens (tertiary/aromatic N) is 2. The largest absolute Gasteiger partial charge is 0.416 e. The lowest BCUT2D eigenvalue weighted by Gasteiger charge is -2.14. The van der Waals surface area contributed by atoms with Gasteiger partial charge in [-0.2, -0.15) is 13.2 Å².